The molecule has 0 bridgehead atoms. The summed E-state index contributed by atoms with van der Waals surface area (Å²) in [5.41, 5.74) is 2.86. The summed E-state index contributed by atoms with van der Waals surface area (Å²) in [7, 11) is -3.55. The van der Waals surface area contributed by atoms with Crippen LogP contribution in [-0.2, 0) is 22.9 Å². The lowest BCUT2D eigenvalue weighted by atomic mass is 10.1. The maximum absolute atomic E-state index is 13.1. The first-order valence-corrected chi connectivity index (χ1v) is 8.89. The van der Waals surface area contributed by atoms with E-state index in [-0.39, 0.29) is 6.04 Å². The highest BCUT2D eigenvalue weighted by Crippen LogP contribution is 2.37. The highest BCUT2D eigenvalue weighted by molar-refractivity contribution is 7.92. The lowest BCUT2D eigenvalue weighted by Crippen LogP contribution is -2.35. The van der Waals surface area contributed by atoms with Gasteiger partial charge in [0.2, 0.25) is 0 Å². The van der Waals surface area contributed by atoms with E-state index in [1.54, 1.807) is 22.5 Å². The van der Waals surface area contributed by atoms with Gasteiger partial charge in [0.05, 0.1) is 17.2 Å². The first-order valence-electron chi connectivity index (χ1n) is 7.45. The van der Waals surface area contributed by atoms with Crippen LogP contribution in [0.3, 0.4) is 0 Å². The van der Waals surface area contributed by atoms with Gasteiger partial charge in [-0.25, -0.2) is 8.42 Å². The fourth-order valence-electron chi connectivity index (χ4n) is 3.34. The minimum atomic E-state index is -3.55. The molecule has 0 N–H and O–H groups in total. The molecule has 2 aliphatic rings. The van der Waals surface area contributed by atoms with Crippen LogP contribution >= 0.6 is 0 Å². The Labute approximate surface area is 130 Å². The maximum atomic E-state index is 13.1. The van der Waals surface area contributed by atoms with Crippen molar-refractivity contribution in [2.24, 2.45) is 0 Å². The molecule has 1 atom stereocenters. The predicted octanol–water partition coefficient (Wildman–Crippen LogP) is 2.76. The number of benzene rings is 2. The van der Waals surface area contributed by atoms with E-state index in [2.05, 4.69) is 0 Å². The molecule has 0 aromatic heterocycles. The zero-order valence-electron chi connectivity index (χ0n) is 12.3. The Morgan fingerprint density at radius 1 is 1.14 bits per heavy atom. The van der Waals surface area contributed by atoms with Gasteiger partial charge in [-0.15, -0.1) is 0 Å². The number of rotatable bonds is 2. The molecule has 0 aliphatic carbocycles. The number of fused-ring (bicyclic) bond motifs is 2. The number of ether oxygens (including phenoxy) is 1. The molecule has 2 aliphatic heterocycles. The van der Waals surface area contributed by atoms with Gasteiger partial charge in [0.25, 0.3) is 10.0 Å². The topological polar surface area (TPSA) is 46.6 Å². The van der Waals surface area contributed by atoms with Gasteiger partial charge in [0, 0.05) is 12.5 Å². The van der Waals surface area contributed by atoms with E-state index in [1.807, 2.05) is 31.2 Å². The van der Waals surface area contributed by atoms with Crippen molar-refractivity contribution in [2.45, 2.75) is 30.7 Å². The Morgan fingerprint density at radius 3 is 2.82 bits per heavy atom. The van der Waals surface area contributed by atoms with Crippen LogP contribution in [0, 0.1) is 0 Å². The summed E-state index contributed by atoms with van der Waals surface area (Å²) in [5.74, 6) is 0.800. The van der Waals surface area contributed by atoms with Crippen LogP contribution in [0.4, 0.5) is 5.69 Å². The number of para-hydroxylation sites is 1. The van der Waals surface area contributed by atoms with Gasteiger partial charge in [-0.2, -0.15) is 0 Å². The first-order chi connectivity index (χ1) is 10.6. The lowest BCUT2D eigenvalue weighted by molar-refractivity contribution is 0.356. The third-order valence-corrected chi connectivity index (χ3v) is 6.29. The van der Waals surface area contributed by atoms with E-state index < -0.39 is 10.0 Å². The maximum Gasteiger partial charge on any atom is 0.264 e. The van der Waals surface area contributed by atoms with Gasteiger partial charge in [-0.05, 0) is 48.7 Å². The molecule has 2 aromatic rings. The van der Waals surface area contributed by atoms with Gasteiger partial charge < -0.3 is 4.74 Å². The van der Waals surface area contributed by atoms with Crippen LogP contribution in [-0.4, -0.2) is 21.1 Å². The third kappa shape index (κ3) is 1.92. The molecule has 0 fully saturated rings. The molecule has 22 heavy (non-hydrogen) atoms. The van der Waals surface area contributed by atoms with E-state index in [4.69, 9.17) is 4.74 Å². The zero-order chi connectivity index (χ0) is 15.3. The molecule has 0 spiro atoms. The quantitative estimate of drug-likeness (QED) is 0.856. The van der Waals surface area contributed by atoms with Crippen molar-refractivity contribution in [1.29, 1.82) is 0 Å². The standard InChI is InChI=1S/C17H17NO3S/c1-12-10-13-4-2-3-5-16(13)18(12)22(19,20)15-6-7-17-14(11-15)8-9-21-17/h2-7,11-12H,8-10H2,1H3. The number of anilines is 1. The Kier molecular flexibility index (Phi) is 2.94. The van der Waals surface area contributed by atoms with Gasteiger partial charge >= 0.3 is 0 Å². The number of sulfonamides is 1. The van der Waals surface area contributed by atoms with Crippen LogP contribution in [0.2, 0.25) is 0 Å². The van der Waals surface area contributed by atoms with Crippen molar-refractivity contribution < 1.29 is 13.2 Å². The van der Waals surface area contributed by atoms with E-state index in [9.17, 15) is 8.42 Å². The van der Waals surface area contributed by atoms with Crippen molar-refractivity contribution in [1.82, 2.24) is 0 Å². The van der Waals surface area contributed by atoms with Crippen molar-refractivity contribution in [3.05, 3.63) is 53.6 Å². The van der Waals surface area contributed by atoms with Gasteiger partial charge in [0.15, 0.2) is 0 Å². The highest BCUT2D eigenvalue weighted by Gasteiger charge is 2.36. The second-order valence-corrected chi connectivity index (χ2v) is 7.67. The molecule has 0 radical (unpaired) electrons. The van der Waals surface area contributed by atoms with Crippen molar-refractivity contribution in [3.63, 3.8) is 0 Å². The summed E-state index contributed by atoms with van der Waals surface area (Å²) in [6.45, 7) is 2.58. The fourth-order valence-corrected chi connectivity index (χ4v) is 5.08. The molecule has 1 unspecified atom stereocenters. The van der Waals surface area contributed by atoms with Crippen molar-refractivity contribution >= 4 is 15.7 Å². The van der Waals surface area contributed by atoms with Crippen molar-refractivity contribution in [3.8, 4) is 5.75 Å². The SMILES string of the molecule is CC1Cc2ccccc2N1S(=O)(=O)c1ccc2c(c1)CCO2. The summed E-state index contributed by atoms with van der Waals surface area (Å²) in [5, 5.41) is 0. The molecule has 114 valence electrons. The molecule has 5 heteroatoms. The molecule has 2 aromatic carbocycles. The average molecular weight is 315 g/mol. The van der Waals surface area contributed by atoms with E-state index >= 15 is 0 Å². The smallest absolute Gasteiger partial charge is 0.264 e. The molecule has 0 saturated heterocycles. The van der Waals surface area contributed by atoms with E-state index in [1.165, 1.54) is 0 Å². The average Bonchev–Trinajstić information content (AvgIpc) is 3.08. The van der Waals surface area contributed by atoms with Crippen molar-refractivity contribution in [2.75, 3.05) is 10.9 Å². The largest absolute Gasteiger partial charge is 0.493 e. The van der Waals surface area contributed by atoms with Gasteiger partial charge in [0.1, 0.15) is 5.75 Å². The Morgan fingerprint density at radius 2 is 1.95 bits per heavy atom. The first kappa shape index (κ1) is 13.6. The summed E-state index contributed by atoms with van der Waals surface area (Å²) in [6.07, 6.45) is 1.52. The molecular formula is C17H17NO3S. The number of hydrogen-bond acceptors (Lipinski definition) is 3. The van der Waals surface area contributed by atoms with Gasteiger partial charge in [-0.3, -0.25) is 4.31 Å². The van der Waals surface area contributed by atoms with Crippen LogP contribution < -0.4 is 9.04 Å². The zero-order valence-corrected chi connectivity index (χ0v) is 13.1. The van der Waals surface area contributed by atoms with Crippen LogP contribution in [0.25, 0.3) is 0 Å². The Bertz CT molecular complexity index is 845. The van der Waals surface area contributed by atoms with Gasteiger partial charge in [-0.1, -0.05) is 18.2 Å². The molecule has 0 amide bonds. The van der Waals surface area contributed by atoms with Crippen LogP contribution in [0.5, 0.6) is 5.75 Å². The number of hydrogen-bond donors (Lipinski definition) is 0. The summed E-state index contributed by atoms with van der Waals surface area (Å²) < 4.78 is 33.2. The molecule has 4 nitrogen and oxygen atoms in total. The summed E-state index contributed by atoms with van der Waals surface area (Å²) in [6, 6.07) is 12.8. The second-order valence-electron chi connectivity index (χ2n) is 5.85. The Hall–Kier alpha value is -2.01. The molecular weight excluding hydrogens is 298 g/mol. The molecule has 4 rings (SSSR count). The van der Waals surface area contributed by atoms with E-state index in [0.29, 0.717) is 11.5 Å². The monoisotopic (exact) mass is 315 g/mol. The van der Waals surface area contributed by atoms with E-state index in [0.717, 1.165) is 35.4 Å². The van der Waals surface area contributed by atoms with Crippen LogP contribution in [0.1, 0.15) is 18.1 Å². The second kappa shape index (κ2) is 4.74. The Balaban J connectivity index is 1.81. The minimum Gasteiger partial charge on any atom is -0.493 e. The minimum absolute atomic E-state index is 0.0631. The summed E-state index contributed by atoms with van der Waals surface area (Å²) in [4.78, 5) is 0.348. The lowest BCUT2D eigenvalue weighted by Gasteiger charge is -2.24. The normalized spacial score (nSPS) is 19.7. The predicted molar refractivity (Wildman–Crippen MR) is 84.9 cm³/mol. The third-order valence-electron chi connectivity index (χ3n) is 4.36. The highest BCUT2D eigenvalue weighted by atomic mass is 32.2. The molecule has 2 heterocycles. The summed E-state index contributed by atoms with van der Waals surface area (Å²) >= 11 is 0. The fraction of sp³-hybridized carbons (Fsp3) is 0.294. The number of nitrogens with zero attached hydrogens (tertiary/aromatic N) is 1. The van der Waals surface area contributed by atoms with Crippen LogP contribution in [0.15, 0.2) is 47.4 Å². The molecule has 0 saturated carbocycles.